The van der Waals surface area contributed by atoms with Crippen molar-refractivity contribution in [1.82, 2.24) is 14.8 Å². The number of hydrogen-bond acceptors (Lipinski definition) is 5. The van der Waals surface area contributed by atoms with E-state index in [1.807, 2.05) is 48.5 Å². The average Bonchev–Trinajstić information content (AvgIpc) is 2.87. The maximum Gasteiger partial charge on any atom is 0.256 e. The number of hydrogen-bond donors (Lipinski definition) is 0. The number of carbonyl (C=O) groups excluding carboxylic acids is 2. The topological polar surface area (TPSA) is 72.0 Å². The lowest BCUT2D eigenvalue weighted by Crippen LogP contribution is -2.58. The van der Waals surface area contributed by atoms with Crippen molar-refractivity contribution >= 4 is 11.8 Å². The molecule has 0 bridgehead atoms. The molecule has 1 atom stereocenters. The van der Waals surface area contributed by atoms with E-state index < -0.39 is 6.04 Å². The molecule has 1 aliphatic heterocycles. The number of rotatable bonds is 6. The molecule has 1 aromatic heterocycles. The molecule has 2 heterocycles. The van der Waals surface area contributed by atoms with Crippen LogP contribution < -0.4 is 9.47 Å². The van der Waals surface area contributed by atoms with Crippen molar-refractivity contribution in [3.63, 3.8) is 0 Å². The van der Waals surface area contributed by atoms with E-state index in [2.05, 4.69) is 4.98 Å². The van der Waals surface area contributed by atoms with Gasteiger partial charge in [0.05, 0.1) is 19.8 Å². The van der Waals surface area contributed by atoms with Crippen molar-refractivity contribution in [2.45, 2.75) is 12.5 Å². The van der Waals surface area contributed by atoms with E-state index in [0.29, 0.717) is 31.0 Å². The highest BCUT2D eigenvalue weighted by Gasteiger charge is 2.36. The zero-order chi connectivity index (χ0) is 23.4. The molecule has 1 saturated heterocycles. The Morgan fingerprint density at radius 3 is 2.45 bits per heavy atom. The van der Waals surface area contributed by atoms with Crippen LogP contribution in [0.25, 0.3) is 11.1 Å². The predicted octanol–water partition coefficient (Wildman–Crippen LogP) is 3.29. The average molecular weight is 446 g/mol. The molecule has 170 valence electrons. The second kappa shape index (κ2) is 9.73. The Balaban J connectivity index is 1.55. The summed E-state index contributed by atoms with van der Waals surface area (Å²) in [5, 5.41) is 0. The summed E-state index contributed by atoms with van der Waals surface area (Å²) in [7, 11) is 4.95. The first kappa shape index (κ1) is 22.3. The van der Waals surface area contributed by atoms with Gasteiger partial charge in [0.15, 0.2) is 0 Å². The molecule has 0 spiro atoms. The monoisotopic (exact) mass is 445 g/mol. The summed E-state index contributed by atoms with van der Waals surface area (Å²) in [4.78, 5) is 33.7. The van der Waals surface area contributed by atoms with Gasteiger partial charge in [-0.15, -0.1) is 0 Å². The second-order valence-electron chi connectivity index (χ2n) is 8.00. The van der Waals surface area contributed by atoms with Gasteiger partial charge in [0, 0.05) is 38.8 Å². The minimum absolute atomic E-state index is 0.0621. The number of likely N-dealkylation sites (N-methyl/N-ethyl adjacent to an activating group) is 1. The molecular weight excluding hydrogens is 418 g/mol. The number of benzene rings is 2. The minimum Gasteiger partial charge on any atom is -0.497 e. The lowest BCUT2D eigenvalue weighted by molar-refractivity contribution is -0.138. The maximum atomic E-state index is 13.2. The largest absolute Gasteiger partial charge is 0.497 e. The SMILES string of the molecule is COc1cccc(-c2ccc(C[C@@H]3C(=O)N(C)CCN3C(=O)c3ccc(OC)nc3)cc2)c1. The number of carbonyl (C=O) groups is 2. The lowest BCUT2D eigenvalue weighted by atomic mass is 9.98. The maximum absolute atomic E-state index is 13.2. The number of aromatic nitrogens is 1. The van der Waals surface area contributed by atoms with Crippen LogP contribution in [-0.4, -0.2) is 67.0 Å². The van der Waals surface area contributed by atoms with E-state index in [4.69, 9.17) is 9.47 Å². The van der Waals surface area contributed by atoms with Crippen LogP contribution in [0, 0.1) is 0 Å². The van der Waals surface area contributed by atoms with Gasteiger partial charge in [0.1, 0.15) is 11.8 Å². The summed E-state index contributed by atoms with van der Waals surface area (Å²) in [6.07, 6.45) is 1.93. The molecular formula is C26H27N3O4. The van der Waals surface area contributed by atoms with Gasteiger partial charge in [-0.2, -0.15) is 0 Å². The van der Waals surface area contributed by atoms with Crippen LogP contribution in [0.1, 0.15) is 15.9 Å². The number of pyridine rings is 1. The molecule has 0 N–H and O–H groups in total. The van der Waals surface area contributed by atoms with E-state index >= 15 is 0 Å². The highest BCUT2D eigenvalue weighted by molar-refractivity contribution is 5.98. The summed E-state index contributed by atoms with van der Waals surface area (Å²) in [5.41, 5.74) is 3.53. The number of nitrogens with zero attached hydrogens (tertiary/aromatic N) is 3. The third-order valence-corrected chi connectivity index (χ3v) is 5.95. The number of amides is 2. The Bertz CT molecular complexity index is 1130. The first-order chi connectivity index (χ1) is 16.0. The van der Waals surface area contributed by atoms with E-state index in [1.165, 1.54) is 13.3 Å². The third-order valence-electron chi connectivity index (χ3n) is 5.95. The lowest BCUT2D eigenvalue weighted by Gasteiger charge is -2.39. The van der Waals surface area contributed by atoms with Crippen LogP contribution >= 0.6 is 0 Å². The van der Waals surface area contributed by atoms with Crippen molar-refractivity contribution in [2.24, 2.45) is 0 Å². The van der Waals surface area contributed by atoms with Gasteiger partial charge < -0.3 is 19.3 Å². The van der Waals surface area contributed by atoms with Crippen molar-refractivity contribution in [3.05, 3.63) is 78.0 Å². The second-order valence-corrected chi connectivity index (χ2v) is 8.00. The molecule has 7 heteroatoms. The number of ether oxygens (including phenoxy) is 2. The Hall–Kier alpha value is -3.87. The van der Waals surface area contributed by atoms with E-state index in [1.54, 1.807) is 36.1 Å². The van der Waals surface area contributed by atoms with Crippen LogP contribution in [-0.2, 0) is 11.2 Å². The van der Waals surface area contributed by atoms with Gasteiger partial charge in [-0.25, -0.2) is 4.98 Å². The molecule has 0 aliphatic carbocycles. The molecule has 7 nitrogen and oxygen atoms in total. The van der Waals surface area contributed by atoms with Gasteiger partial charge in [-0.05, 0) is 34.9 Å². The Morgan fingerprint density at radius 1 is 1.00 bits per heavy atom. The van der Waals surface area contributed by atoms with Crippen LogP contribution in [0.3, 0.4) is 0 Å². The van der Waals surface area contributed by atoms with Gasteiger partial charge in [0.25, 0.3) is 5.91 Å². The molecule has 0 radical (unpaired) electrons. The first-order valence-electron chi connectivity index (χ1n) is 10.8. The van der Waals surface area contributed by atoms with E-state index in [9.17, 15) is 9.59 Å². The fraction of sp³-hybridized carbons (Fsp3) is 0.269. The zero-order valence-electron chi connectivity index (χ0n) is 19.0. The van der Waals surface area contributed by atoms with Crippen molar-refractivity contribution in [3.8, 4) is 22.8 Å². The zero-order valence-corrected chi connectivity index (χ0v) is 19.0. The minimum atomic E-state index is -0.568. The van der Waals surface area contributed by atoms with E-state index in [-0.39, 0.29) is 11.8 Å². The fourth-order valence-electron chi connectivity index (χ4n) is 4.00. The normalized spacial score (nSPS) is 16.0. The molecule has 0 unspecified atom stereocenters. The fourth-order valence-corrected chi connectivity index (χ4v) is 4.00. The molecule has 2 aromatic carbocycles. The molecule has 33 heavy (non-hydrogen) atoms. The van der Waals surface area contributed by atoms with Crippen molar-refractivity contribution in [1.29, 1.82) is 0 Å². The van der Waals surface area contributed by atoms with Crippen molar-refractivity contribution < 1.29 is 19.1 Å². The molecule has 4 rings (SSSR count). The summed E-state index contributed by atoms with van der Waals surface area (Å²) in [6, 6.07) is 18.7. The smallest absolute Gasteiger partial charge is 0.256 e. The predicted molar refractivity (Wildman–Crippen MR) is 125 cm³/mol. The Labute approximate surface area is 193 Å². The van der Waals surface area contributed by atoms with Crippen LogP contribution in [0.4, 0.5) is 0 Å². The number of piperazine rings is 1. The van der Waals surface area contributed by atoms with Gasteiger partial charge in [-0.1, -0.05) is 36.4 Å². The van der Waals surface area contributed by atoms with Crippen molar-refractivity contribution in [2.75, 3.05) is 34.4 Å². The summed E-state index contributed by atoms with van der Waals surface area (Å²) in [5.74, 6) is 0.973. The van der Waals surface area contributed by atoms with Gasteiger partial charge in [0.2, 0.25) is 11.8 Å². The van der Waals surface area contributed by atoms with Gasteiger partial charge in [-0.3, -0.25) is 9.59 Å². The first-order valence-corrected chi connectivity index (χ1v) is 10.8. The molecule has 1 fully saturated rings. The third kappa shape index (κ3) is 4.82. The van der Waals surface area contributed by atoms with Crippen LogP contribution in [0.5, 0.6) is 11.6 Å². The molecule has 1 aliphatic rings. The summed E-state index contributed by atoms with van der Waals surface area (Å²) < 4.78 is 10.4. The summed E-state index contributed by atoms with van der Waals surface area (Å²) in [6.45, 7) is 0.971. The molecule has 0 saturated carbocycles. The standard InChI is InChI=1S/C26H27N3O4/c1-28-13-14-29(25(30)21-11-12-24(33-3)27-17-21)23(26(28)31)15-18-7-9-19(10-8-18)20-5-4-6-22(16-20)32-2/h4-12,16-17,23H,13-15H2,1-3H3/t23-/m1/s1. The van der Waals surface area contributed by atoms with Crippen LogP contribution in [0.2, 0.25) is 0 Å². The summed E-state index contributed by atoms with van der Waals surface area (Å²) >= 11 is 0. The van der Waals surface area contributed by atoms with E-state index in [0.717, 1.165) is 22.4 Å². The molecule has 3 aromatic rings. The molecule has 2 amide bonds. The van der Waals surface area contributed by atoms with Gasteiger partial charge >= 0.3 is 0 Å². The Morgan fingerprint density at radius 2 is 1.79 bits per heavy atom. The quantitative estimate of drug-likeness (QED) is 0.582. The Kier molecular flexibility index (Phi) is 6.58. The highest BCUT2D eigenvalue weighted by Crippen LogP contribution is 2.25. The van der Waals surface area contributed by atoms with Crippen LogP contribution in [0.15, 0.2) is 66.9 Å². The number of methoxy groups -OCH3 is 2. The highest BCUT2D eigenvalue weighted by atomic mass is 16.5.